The van der Waals surface area contributed by atoms with Gasteiger partial charge >= 0.3 is 0 Å². The maximum absolute atomic E-state index is 13.0. The van der Waals surface area contributed by atoms with Gasteiger partial charge in [0.05, 0.1) is 5.69 Å². The summed E-state index contributed by atoms with van der Waals surface area (Å²) in [5.41, 5.74) is 4.48. The zero-order chi connectivity index (χ0) is 18.1. The average molecular weight is 345 g/mol. The van der Waals surface area contributed by atoms with Gasteiger partial charge in [0.15, 0.2) is 5.78 Å². The van der Waals surface area contributed by atoms with Gasteiger partial charge in [0, 0.05) is 17.5 Å². The predicted octanol–water partition coefficient (Wildman–Crippen LogP) is 4.87. The number of anilines is 1. The van der Waals surface area contributed by atoms with E-state index in [2.05, 4.69) is 5.32 Å². The molecule has 3 nitrogen and oxygen atoms in total. The summed E-state index contributed by atoms with van der Waals surface area (Å²) in [6.07, 6.45) is 1.11. The van der Waals surface area contributed by atoms with E-state index < -0.39 is 5.82 Å². The molecular weight excluding hydrogens is 329 g/mol. The summed E-state index contributed by atoms with van der Waals surface area (Å²) >= 11 is 0. The quantitative estimate of drug-likeness (QED) is 0.736. The Hall–Kier alpha value is -3.27. The number of ketones is 1. The molecule has 0 atom stereocenters. The first kappa shape index (κ1) is 16.2. The smallest absolute Gasteiger partial charge is 0.255 e. The molecule has 0 aromatic heterocycles. The van der Waals surface area contributed by atoms with E-state index in [1.807, 2.05) is 36.4 Å². The third-order valence-corrected chi connectivity index (χ3v) is 4.63. The number of hydrogen-bond donors (Lipinski definition) is 1. The summed E-state index contributed by atoms with van der Waals surface area (Å²) in [6, 6.07) is 18.9. The summed E-state index contributed by atoms with van der Waals surface area (Å²) in [4.78, 5) is 24.9. The molecule has 0 spiro atoms. The van der Waals surface area contributed by atoms with Crippen molar-refractivity contribution in [1.29, 1.82) is 0 Å². The van der Waals surface area contributed by atoms with Gasteiger partial charge in [0.1, 0.15) is 5.82 Å². The molecule has 3 aromatic rings. The van der Waals surface area contributed by atoms with Crippen LogP contribution in [-0.2, 0) is 6.42 Å². The predicted molar refractivity (Wildman–Crippen MR) is 98.9 cm³/mol. The number of rotatable bonds is 3. The molecule has 0 saturated carbocycles. The lowest BCUT2D eigenvalue weighted by atomic mass is 9.95. The van der Waals surface area contributed by atoms with E-state index in [0.29, 0.717) is 29.7 Å². The molecule has 1 aliphatic carbocycles. The molecule has 1 N–H and O–H groups in total. The molecule has 1 aliphatic rings. The fourth-order valence-corrected chi connectivity index (χ4v) is 3.38. The van der Waals surface area contributed by atoms with Gasteiger partial charge in [-0.1, -0.05) is 36.4 Å². The fourth-order valence-electron chi connectivity index (χ4n) is 3.38. The number of benzene rings is 3. The Balaban J connectivity index is 1.72. The van der Waals surface area contributed by atoms with E-state index in [4.69, 9.17) is 0 Å². The van der Waals surface area contributed by atoms with Gasteiger partial charge in [-0.2, -0.15) is 0 Å². The molecule has 26 heavy (non-hydrogen) atoms. The van der Waals surface area contributed by atoms with Gasteiger partial charge in [-0.15, -0.1) is 0 Å². The van der Waals surface area contributed by atoms with Gasteiger partial charge < -0.3 is 5.32 Å². The number of carbonyl (C=O) groups is 2. The van der Waals surface area contributed by atoms with Crippen LogP contribution in [0.25, 0.3) is 11.1 Å². The lowest BCUT2D eigenvalue weighted by Crippen LogP contribution is -2.14. The number of halogens is 1. The standard InChI is InChI=1S/C22H16FNO2/c23-16-8-6-15(7-9-16)22(26)24-19-12-10-17(14-4-2-1-3-5-14)18-11-13-20(25)21(18)19/h1-10,12H,11,13H2,(H,24,26). The third kappa shape index (κ3) is 2.90. The van der Waals surface area contributed by atoms with Crippen molar-refractivity contribution in [3.63, 3.8) is 0 Å². The molecule has 1 amide bonds. The lowest BCUT2D eigenvalue weighted by molar-refractivity contribution is 0.0995. The zero-order valence-electron chi connectivity index (χ0n) is 14.0. The Labute approximate surface area is 150 Å². The molecule has 3 aromatic carbocycles. The molecule has 0 bridgehead atoms. The number of hydrogen-bond acceptors (Lipinski definition) is 2. The lowest BCUT2D eigenvalue weighted by Gasteiger charge is -2.14. The highest BCUT2D eigenvalue weighted by Crippen LogP contribution is 2.37. The van der Waals surface area contributed by atoms with Gasteiger partial charge in [-0.25, -0.2) is 4.39 Å². The molecule has 0 heterocycles. The fraction of sp³-hybridized carbons (Fsp3) is 0.0909. The summed E-state index contributed by atoms with van der Waals surface area (Å²) in [7, 11) is 0. The number of Topliss-reactive ketones (excluding diaryl/α,β-unsaturated/α-hetero) is 1. The number of amides is 1. The Bertz CT molecular complexity index is 995. The zero-order valence-corrected chi connectivity index (χ0v) is 14.0. The van der Waals surface area contributed by atoms with E-state index in [0.717, 1.165) is 16.7 Å². The molecule has 128 valence electrons. The van der Waals surface area contributed by atoms with Crippen molar-refractivity contribution in [1.82, 2.24) is 0 Å². The van der Waals surface area contributed by atoms with Crippen LogP contribution in [-0.4, -0.2) is 11.7 Å². The van der Waals surface area contributed by atoms with Gasteiger partial charge in [-0.3, -0.25) is 9.59 Å². The monoisotopic (exact) mass is 345 g/mol. The van der Waals surface area contributed by atoms with Gasteiger partial charge in [-0.05, 0) is 53.4 Å². The summed E-state index contributed by atoms with van der Waals surface area (Å²) in [5.74, 6) is -0.726. The Morgan fingerprint density at radius 1 is 0.885 bits per heavy atom. The maximum atomic E-state index is 13.0. The largest absolute Gasteiger partial charge is 0.321 e. The highest BCUT2D eigenvalue weighted by atomic mass is 19.1. The molecule has 0 unspecified atom stereocenters. The van der Waals surface area contributed by atoms with Crippen LogP contribution in [0.1, 0.15) is 32.7 Å². The Kier molecular flexibility index (Phi) is 4.09. The van der Waals surface area contributed by atoms with Crippen molar-refractivity contribution in [2.45, 2.75) is 12.8 Å². The first-order valence-electron chi connectivity index (χ1n) is 8.45. The van der Waals surface area contributed by atoms with E-state index >= 15 is 0 Å². The van der Waals surface area contributed by atoms with Crippen LogP contribution in [0.4, 0.5) is 10.1 Å². The molecule has 0 radical (unpaired) electrons. The third-order valence-electron chi connectivity index (χ3n) is 4.63. The van der Waals surface area contributed by atoms with Crippen molar-refractivity contribution in [2.24, 2.45) is 0 Å². The second-order valence-electron chi connectivity index (χ2n) is 6.26. The van der Waals surface area contributed by atoms with Crippen molar-refractivity contribution in [2.75, 3.05) is 5.32 Å². The van der Waals surface area contributed by atoms with Crippen molar-refractivity contribution in [3.05, 3.63) is 89.2 Å². The number of nitrogens with one attached hydrogen (secondary N) is 1. The minimum atomic E-state index is -0.398. The second kappa shape index (κ2) is 6.56. The summed E-state index contributed by atoms with van der Waals surface area (Å²) in [6.45, 7) is 0. The first-order chi connectivity index (χ1) is 12.6. The summed E-state index contributed by atoms with van der Waals surface area (Å²) in [5, 5.41) is 2.80. The van der Waals surface area contributed by atoms with E-state index in [-0.39, 0.29) is 11.7 Å². The average Bonchev–Trinajstić information content (AvgIpc) is 3.05. The summed E-state index contributed by atoms with van der Waals surface area (Å²) < 4.78 is 13.0. The van der Waals surface area contributed by atoms with Crippen molar-refractivity contribution < 1.29 is 14.0 Å². The van der Waals surface area contributed by atoms with E-state index in [1.54, 1.807) is 6.07 Å². The van der Waals surface area contributed by atoms with Crippen molar-refractivity contribution >= 4 is 17.4 Å². The number of carbonyl (C=O) groups excluding carboxylic acids is 2. The Morgan fingerprint density at radius 3 is 2.35 bits per heavy atom. The minimum Gasteiger partial charge on any atom is -0.321 e. The SMILES string of the molecule is O=C(Nc1ccc(-c2ccccc2)c2c1C(=O)CC2)c1ccc(F)cc1. The normalized spacial score (nSPS) is 12.7. The molecular formula is C22H16FNO2. The van der Waals surface area contributed by atoms with Crippen LogP contribution in [0, 0.1) is 5.82 Å². The first-order valence-corrected chi connectivity index (χ1v) is 8.45. The highest BCUT2D eigenvalue weighted by Gasteiger charge is 2.27. The number of fused-ring (bicyclic) bond motifs is 1. The van der Waals surface area contributed by atoms with Crippen LogP contribution in [0.2, 0.25) is 0 Å². The maximum Gasteiger partial charge on any atom is 0.255 e. The topological polar surface area (TPSA) is 46.2 Å². The molecule has 4 heteroatoms. The van der Waals surface area contributed by atoms with E-state index in [1.165, 1.54) is 24.3 Å². The van der Waals surface area contributed by atoms with Crippen LogP contribution < -0.4 is 5.32 Å². The van der Waals surface area contributed by atoms with Crippen LogP contribution >= 0.6 is 0 Å². The molecule has 0 aliphatic heterocycles. The van der Waals surface area contributed by atoms with Gasteiger partial charge in [0.25, 0.3) is 5.91 Å². The minimum absolute atomic E-state index is 0.0344. The second-order valence-corrected chi connectivity index (χ2v) is 6.26. The van der Waals surface area contributed by atoms with Crippen molar-refractivity contribution in [3.8, 4) is 11.1 Å². The Morgan fingerprint density at radius 2 is 1.62 bits per heavy atom. The van der Waals surface area contributed by atoms with Crippen LogP contribution in [0.3, 0.4) is 0 Å². The molecule has 0 saturated heterocycles. The molecule has 4 rings (SSSR count). The highest BCUT2D eigenvalue weighted by molar-refractivity contribution is 6.12. The van der Waals surface area contributed by atoms with Gasteiger partial charge in [0.2, 0.25) is 0 Å². The van der Waals surface area contributed by atoms with E-state index in [9.17, 15) is 14.0 Å². The molecule has 0 fully saturated rings. The van der Waals surface area contributed by atoms with Crippen LogP contribution in [0.15, 0.2) is 66.7 Å². The van der Waals surface area contributed by atoms with Crippen LogP contribution in [0.5, 0.6) is 0 Å².